The van der Waals surface area contributed by atoms with Gasteiger partial charge in [0.1, 0.15) is 23.7 Å². The second-order valence-corrected chi connectivity index (χ2v) is 19.1. The van der Waals surface area contributed by atoms with Crippen LogP contribution >= 0.6 is 11.3 Å². The van der Waals surface area contributed by atoms with Crippen molar-refractivity contribution in [1.29, 1.82) is 0 Å². The smallest absolute Gasteiger partial charge is 0.407 e. The summed E-state index contributed by atoms with van der Waals surface area (Å²) in [7, 11) is 4.85. The molecule has 0 saturated carbocycles. The first-order valence-electron chi connectivity index (χ1n) is 22.2. The topological polar surface area (TPSA) is 178 Å². The SMILES string of the molecule is COC(=O)N[C@H](C(=O)N1CCC[C@H]1c1ncc(-c2ccc(-c3ccc(-c4ccc5nc([C@@H]6CCCN6C(=O)[C@@H](NC(=O)OC)C(C)C)[nH]c5c4)c4c3C3CCC4N3C)s2)[nH]1)C(C)C. The van der Waals surface area contributed by atoms with Crippen molar-refractivity contribution in [3.8, 4) is 32.1 Å². The van der Waals surface area contributed by atoms with Crippen molar-refractivity contribution < 1.29 is 28.7 Å². The molecule has 4 amide bonds. The number of aromatic amines is 2. The summed E-state index contributed by atoms with van der Waals surface area (Å²) in [6, 6.07) is 14.2. The van der Waals surface area contributed by atoms with Crippen molar-refractivity contribution in [2.24, 2.45) is 11.8 Å². The first-order chi connectivity index (χ1) is 30.4. The number of aromatic nitrogens is 4. The van der Waals surface area contributed by atoms with E-state index in [0.29, 0.717) is 25.2 Å². The summed E-state index contributed by atoms with van der Waals surface area (Å²) in [6.45, 7) is 8.87. The van der Waals surface area contributed by atoms with Crippen LogP contribution in [-0.4, -0.2) is 105 Å². The van der Waals surface area contributed by atoms with Gasteiger partial charge in [-0.05, 0) is 109 Å². The first-order valence-corrected chi connectivity index (χ1v) is 23.0. The molecule has 0 radical (unpaired) electrons. The lowest BCUT2D eigenvalue weighted by Gasteiger charge is -2.30. The fraction of sp³-hybridized carbons (Fsp3) is 0.489. The van der Waals surface area contributed by atoms with Crippen LogP contribution in [0.2, 0.25) is 0 Å². The van der Waals surface area contributed by atoms with E-state index in [0.717, 1.165) is 77.3 Å². The van der Waals surface area contributed by atoms with E-state index in [1.54, 1.807) is 11.3 Å². The number of H-pyrrole nitrogens is 2. The number of hydrogen-bond donors (Lipinski definition) is 4. The van der Waals surface area contributed by atoms with Crippen LogP contribution in [0.5, 0.6) is 0 Å². The van der Waals surface area contributed by atoms with Crippen molar-refractivity contribution in [2.45, 2.75) is 102 Å². The van der Waals surface area contributed by atoms with Gasteiger partial charge in [0.25, 0.3) is 0 Å². The number of fused-ring (bicyclic) bond motifs is 6. The van der Waals surface area contributed by atoms with Crippen LogP contribution in [0, 0.1) is 11.8 Å². The Hall–Kier alpha value is -5.74. The molecule has 2 aromatic carbocycles. The first kappa shape index (κ1) is 42.6. The van der Waals surface area contributed by atoms with Crippen molar-refractivity contribution >= 4 is 46.4 Å². The van der Waals surface area contributed by atoms with Crippen LogP contribution in [0.25, 0.3) is 43.2 Å². The molecule has 7 heterocycles. The number of hydrogen-bond acceptors (Lipinski definition) is 10. The Labute approximate surface area is 371 Å². The summed E-state index contributed by atoms with van der Waals surface area (Å²) in [5.41, 5.74) is 9.08. The normalized spacial score (nSPS) is 21.7. The number of carbonyl (C=O) groups excluding carboxylic acids is 4. The van der Waals surface area contributed by atoms with Gasteiger partial charge in [0.2, 0.25) is 11.8 Å². The fourth-order valence-electron chi connectivity index (χ4n) is 10.5. The molecule has 3 saturated heterocycles. The maximum Gasteiger partial charge on any atom is 0.407 e. The van der Waals surface area contributed by atoms with Gasteiger partial charge in [0.15, 0.2) is 0 Å². The van der Waals surface area contributed by atoms with E-state index in [-0.39, 0.29) is 35.7 Å². The fourth-order valence-corrected chi connectivity index (χ4v) is 11.5. The maximum atomic E-state index is 13.8. The minimum absolute atomic E-state index is 0.107. The molecule has 63 heavy (non-hydrogen) atoms. The monoisotopic (exact) mass is 875 g/mol. The number of likely N-dealkylation sites (tertiary alicyclic amines) is 2. The zero-order valence-corrected chi connectivity index (χ0v) is 37.8. The number of nitrogens with zero attached hydrogens (tertiary/aromatic N) is 5. The molecule has 4 N–H and O–H groups in total. The van der Waals surface area contributed by atoms with Gasteiger partial charge in [-0.3, -0.25) is 14.5 Å². The predicted octanol–water partition coefficient (Wildman–Crippen LogP) is 8.26. The lowest BCUT2D eigenvalue weighted by Crippen LogP contribution is -2.51. The highest BCUT2D eigenvalue weighted by atomic mass is 32.1. The van der Waals surface area contributed by atoms with Gasteiger partial charge in [-0.25, -0.2) is 19.6 Å². The van der Waals surface area contributed by atoms with Crippen LogP contribution in [-0.2, 0) is 19.1 Å². The van der Waals surface area contributed by atoms with Gasteiger partial charge < -0.3 is 39.9 Å². The van der Waals surface area contributed by atoms with Crippen LogP contribution in [0.4, 0.5) is 9.59 Å². The molecule has 16 heteroatoms. The highest BCUT2D eigenvalue weighted by Gasteiger charge is 2.45. The zero-order valence-electron chi connectivity index (χ0n) is 37.0. The highest BCUT2D eigenvalue weighted by Crippen LogP contribution is 2.58. The van der Waals surface area contributed by atoms with Gasteiger partial charge in [-0.2, -0.15) is 0 Å². The molecule has 4 aliphatic heterocycles. The number of rotatable bonds is 11. The Bertz CT molecular complexity index is 2560. The molecule has 2 unspecified atom stereocenters. The van der Waals surface area contributed by atoms with Gasteiger partial charge >= 0.3 is 12.2 Å². The Kier molecular flexibility index (Phi) is 11.5. The number of ether oxygens (including phenoxy) is 2. The number of alkyl carbamates (subject to hydrolysis) is 2. The van der Waals surface area contributed by atoms with E-state index in [1.807, 2.05) is 43.7 Å². The second-order valence-electron chi connectivity index (χ2n) is 18.1. The van der Waals surface area contributed by atoms with Crippen molar-refractivity contribution in [1.82, 2.24) is 45.3 Å². The van der Waals surface area contributed by atoms with Gasteiger partial charge in [-0.1, -0.05) is 45.9 Å². The Morgan fingerprint density at radius 3 is 1.89 bits per heavy atom. The third-order valence-electron chi connectivity index (χ3n) is 13.7. The number of methoxy groups -OCH3 is 2. The molecule has 0 aliphatic carbocycles. The molecular formula is C47H57N9O6S. The largest absolute Gasteiger partial charge is 0.453 e. The number of benzene rings is 2. The summed E-state index contributed by atoms with van der Waals surface area (Å²) in [5, 5.41) is 5.47. The number of thiophene rings is 1. The second kappa shape index (κ2) is 17.1. The van der Waals surface area contributed by atoms with Crippen LogP contribution < -0.4 is 10.6 Å². The Balaban J connectivity index is 0.976. The standard InChI is InChI=1S/C47H57N9O6S/c1-24(2)40(52-46(59)61-6)44(57)55-20-8-10-34(55)42-48-23-31(51-42)37-19-18-36(63-37)28-14-13-27(38-32-16-17-33(39(28)38)54(32)5)26-12-15-29-30(22-26)50-43(49-29)35-11-9-21-56(35)45(58)41(25(3)4)53-47(60)62-7/h12-15,18-19,22-25,32-35,40-41H,8-11,16-17,20-21H2,1-7H3,(H,48,51)(H,49,50)(H,52,59)(H,53,60)/t32?,33?,34-,35-,40-,41-/m0/s1. The molecule has 5 aromatic rings. The molecule has 6 atom stereocenters. The third-order valence-corrected chi connectivity index (χ3v) is 14.8. The molecule has 4 aliphatic rings. The van der Waals surface area contributed by atoms with Crippen LogP contribution in [0.3, 0.4) is 0 Å². The summed E-state index contributed by atoms with van der Waals surface area (Å²) in [6.07, 6.45) is 6.14. The van der Waals surface area contributed by atoms with E-state index in [4.69, 9.17) is 19.4 Å². The van der Waals surface area contributed by atoms with Gasteiger partial charge in [-0.15, -0.1) is 11.3 Å². The summed E-state index contributed by atoms with van der Waals surface area (Å²) in [5.74, 6) is 1.03. The molecule has 9 rings (SSSR count). The number of carbonyl (C=O) groups is 4. The maximum absolute atomic E-state index is 13.8. The minimum Gasteiger partial charge on any atom is -0.453 e. The van der Waals surface area contributed by atoms with Gasteiger partial charge in [0, 0.05) is 30.1 Å². The molecular weight excluding hydrogens is 819 g/mol. The van der Waals surface area contributed by atoms with Crippen molar-refractivity contribution in [2.75, 3.05) is 34.4 Å². The average Bonchev–Trinajstić information content (AvgIpc) is 4.14. The zero-order chi connectivity index (χ0) is 44.3. The van der Waals surface area contributed by atoms with E-state index in [9.17, 15) is 19.2 Å². The highest BCUT2D eigenvalue weighted by molar-refractivity contribution is 7.18. The molecule has 15 nitrogen and oxygen atoms in total. The summed E-state index contributed by atoms with van der Waals surface area (Å²) >= 11 is 1.74. The van der Waals surface area contributed by atoms with E-state index >= 15 is 0 Å². The lowest BCUT2D eigenvalue weighted by molar-refractivity contribution is -0.136. The van der Waals surface area contributed by atoms with Crippen LogP contribution in [0.15, 0.2) is 48.7 Å². The predicted molar refractivity (Wildman–Crippen MR) is 241 cm³/mol. The summed E-state index contributed by atoms with van der Waals surface area (Å²) in [4.78, 5) is 77.2. The minimum atomic E-state index is -0.693. The number of nitrogens with one attached hydrogen (secondary N) is 4. The average molecular weight is 876 g/mol. The molecule has 0 spiro atoms. The van der Waals surface area contributed by atoms with Crippen molar-refractivity contribution in [3.05, 3.63) is 71.4 Å². The number of imidazole rings is 2. The molecule has 2 bridgehead atoms. The number of amides is 4. The van der Waals surface area contributed by atoms with E-state index in [1.165, 1.54) is 41.4 Å². The Morgan fingerprint density at radius 2 is 1.29 bits per heavy atom. The summed E-state index contributed by atoms with van der Waals surface area (Å²) < 4.78 is 9.62. The van der Waals surface area contributed by atoms with Crippen molar-refractivity contribution in [3.63, 3.8) is 0 Å². The van der Waals surface area contributed by atoms with Gasteiger partial charge in [0.05, 0.1) is 54.1 Å². The molecule has 3 aromatic heterocycles. The quantitative estimate of drug-likeness (QED) is 0.102. The van der Waals surface area contributed by atoms with E-state index in [2.05, 4.69) is 75.0 Å². The van der Waals surface area contributed by atoms with Crippen LogP contribution in [0.1, 0.15) is 113 Å². The molecule has 332 valence electrons. The molecule has 3 fully saturated rings. The lowest BCUT2D eigenvalue weighted by atomic mass is 9.83. The van der Waals surface area contributed by atoms with E-state index < -0.39 is 24.3 Å². The third kappa shape index (κ3) is 7.64. The Morgan fingerprint density at radius 1 is 0.714 bits per heavy atom.